The van der Waals surface area contributed by atoms with Crippen molar-refractivity contribution < 1.29 is 13.5 Å². The quantitative estimate of drug-likeness (QED) is 0.731. The Morgan fingerprint density at radius 3 is 2.69 bits per heavy atom. The highest BCUT2D eigenvalue weighted by atomic mass is 32.2. The summed E-state index contributed by atoms with van der Waals surface area (Å²) >= 11 is 0. The lowest BCUT2D eigenvalue weighted by Crippen LogP contribution is -2.11. The lowest BCUT2D eigenvalue weighted by atomic mass is 10.4. The van der Waals surface area contributed by atoms with Crippen molar-refractivity contribution in [3.05, 3.63) is 12.4 Å². The van der Waals surface area contributed by atoms with Gasteiger partial charge in [-0.3, -0.25) is 4.68 Å². The normalized spacial score (nSPS) is 14.4. The van der Waals surface area contributed by atoms with Crippen LogP contribution in [0.5, 0.6) is 0 Å². The molecule has 1 aromatic heterocycles. The summed E-state index contributed by atoms with van der Waals surface area (Å²) in [5.41, 5.74) is 0. The predicted molar refractivity (Wildman–Crippen MR) is 47.0 cm³/mol. The molecule has 13 heavy (non-hydrogen) atoms. The average molecular weight is 204 g/mol. The van der Waals surface area contributed by atoms with E-state index < -0.39 is 15.9 Å². The second-order valence-electron chi connectivity index (χ2n) is 3.02. The summed E-state index contributed by atoms with van der Waals surface area (Å²) in [6.45, 7) is 1.91. The van der Waals surface area contributed by atoms with E-state index in [1.54, 1.807) is 6.92 Å². The highest BCUT2D eigenvalue weighted by Crippen LogP contribution is 2.06. The second-order valence-corrected chi connectivity index (χ2v) is 5.04. The summed E-state index contributed by atoms with van der Waals surface area (Å²) < 4.78 is 23.4. The fraction of sp³-hybridized carbons (Fsp3) is 0.571. The van der Waals surface area contributed by atoms with Crippen molar-refractivity contribution >= 4 is 9.84 Å². The van der Waals surface area contributed by atoms with E-state index in [1.165, 1.54) is 17.1 Å². The molecular formula is C7H12N2O3S. The zero-order valence-corrected chi connectivity index (χ0v) is 8.32. The van der Waals surface area contributed by atoms with E-state index in [0.29, 0.717) is 6.54 Å². The van der Waals surface area contributed by atoms with Gasteiger partial charge in [-0.05, 0) is 6.92 Å². The van der Waals surface area contributed by atoms with Gasteiger partial charge in [-0.1, -0.05) is 0 Å². The number of nitrogens with zero attached hydrogens (tertiary/aromatic N) is 2. The molecule has 1 heterocycles. The molecule has 0 radical (unpaired) electrons. The van der Waals surface area contributed by atoms with E-state index in [0.717, 1.165) is 6.26 Å². The largest absolute Gasteiger partial charge is 0.391 e. The Labute approximate surface area is 76.9 Å². The highest BCUT2D eigenvalue weighted by molar-refractivity contribution is 7.90. The van der Waals surface area contributed by atoms with Crippen molar-refractivity contribution in [2.24, 2.45) is 0 Å². The van der Waals surface area contributed by atoms with Gasteiger partial charge < -0.3 is 5.11 Å². The van der Waals surface area contributed by atoms with E-state index >= 15 is 0 Å². The van der Waals surface area contributed by atoms with Crippen LogP contribution in [-0.2, 0) is 16.4 Å². The number of hydrogen-bond donors (Lipinski definition) is 1. The molecule has 0 spiro atoms. The van der Waals surface area contributed by atoms with Crippen LogP contribution in [0.15, 0.2) is 17.3 Å². The fourth-order valence-electron chi connectivity index (χ4n) is 0.907. The first-order valence-electron chi connectivity index (χ1n) is 3.80. The van der Waals surface area contributed by atoms with Crippen molar-refractivity contribution in [3.8, 4) is 0 Å². The minimum absolute atomic E-state index is 0.174. The van der Waals surface area contributed by atoms with Crippen LogP contribution in [0.4, 0.5) is 0 Å². The van der Waals surface area contributed by atoms with Crippen LogP contribution in [0, 0.1) is 0 Å². The third-order valence-electron chi connectivity index (χ3n) is 1.49. The predicted octanol–water partition coefficient (Wildman–Crippen LogP) is -0.333. The zero-order valence-electron chi connectivity index (χ0n) is 7.51. The molecule has 0 aliphatic carbocycles. The summed E-state index contributed by atoms with van der Waals surface area (Å²) in [7, 11) is -3.18. The molecule has 1 rings (SSSR count). The molecule has 0 aliphatic rings. The number of aromatic nitrogens is 2. The van der Waals surface area contributed by atoms with Gasteiger partial charge in [-0.15, -0.1) is 0 Å². The van der Waals surface area contributed by atoms with Crippen LogP contribution in [0.1, 0.15) is 6.92 Å². The lowest BCUT2D eigenvalue weighted by molar-refractivity contribution is 0.168. The Kier molecular flexibility index (Phi) is 2.72. The Balaban J connectivity index is 2.88. The molecule has 0 bridgehead atoms. The van der Waals surface area contributed by atoms with E-state index in [9.17, 15) is 8.42 Å². The molecule has 0 fully saturated rings. The third kappa shape index (κ3) is 2.82. The van der Waals surface area contributed by atoms with Crippen molar-refractivity contribution in [1.29, 1.82) is 0 Å². The van der Waals surface area contributed by atoms with Crippen LogP contribution in [-0.4, -0.2) is 35.7 Å². The molecule has 1 aromatic rings. The van der Waals surface area contributed by atoms with Crippen molar-refractivity contribution in [2.45, 2.75) is 24.5 Å². The summed E-state index contributed by atoms with van der Waals surface area (Å²) in [5.74, 6) is 0. The number of aliphatic hydroxyl groups is 1. The van der Waals surface area contributed by atoms with Gasteiger partial charge >= 0.3 is 0 Å². The Hall–Kier alpha value is -0.880. The topological polar surface area (TPSA) is 72.2 Å². The maximum absolute atomic E-state index is 11.0. The zero-order chi connectivity index (χ0) is 10.1. The van der Waals surface area contributed by atoms with E-state index in [4.69, 9.17) is 5.11 Å². The van der Waals surface area contributed by atoms with Gasteiger partial charge in [0.1, 0.15) is 4.90 Å². The molecule has 0 saturated heterocycles. The standard InChI is InChI=1S/C7H12N2O3S/c1-6(10)4-9-5-7(3-8-9)13(2,11)12/h3,5-6,10H,4H2,1-2H3/t6-/m1/s1. The molecule has 1 N–H and O–H groups in total. The lowest BCUT2D eigenvalue weighted by Gasteiger charge is -2.02. The van der Waals surface area contributed by atoms with Crippen molar-refractivity contribution in [3.63, 3.8) is 0 Å². The van der Waals surface area contributed by atoms with Gasteiger partial charge in [0.2, 0.25) is 0 Å². The Morgan fingerprint density at radius 1 is 1.69 bits per heavy atom. The molecule has 0 saturated carbocycles. The van der Waals surface area contributed by atoms with E-state index in [1.807, 2.05) is 0 Å². The van der Waals surface area contributed by atoms with Gasteiger partial charge in [-0.25, -0.2) is 8.42 Å². The fourth-order valence-corrected chi connectivity index (χ4v) is 1.46. The van der Waals surface area contributed by atoms with Gasteiger partial charge in [0.15, 0.2) is 9.84 Å². The molecule has 74 valence electrons. The molecular weight excluding hydrogens is 192 g/mol. The third-order valence-corrected chi connectivity index (χ3v) is 2.56. The number of sulfone groups is 1. The van der Waals surface area contributed by atoms with Crippen LogP contribution in [0.3, 0.4) is 0 Å². The van der Waals surface area contributed by atoms with E-state index in [2.05, 4.69) is 5.10 Å². The van der Waals surface area contributed by atoms with E-state index in [-0.39, 0.29) is 4.90 Å². The molecule has 0 aliphatic heterocycles. The van der Waals surface area contributed by atoms with Crippen LogP contribution in [0.2, 0.25) is 0 Å². The summed E-state index contributed by atoms with van der Waals surface area (Å²) in [6.07, 6.45) is 3.27. The van der Waals surface area contributed by atoms with Crippen molar-refractivity contribution in [2.75, 3.05) is 6.26 Å². The van der Waals surface area contributed by atoms with Crippen LogP contribution < -0.4 is 0 Å². The number of rotatable bonds is 3. The Morgan fingerprint density at radius 2 is 2.31 bits per heavy atom. The minimum Gasteiger partial charge on any atom is -0.391 e. The van der Waals surface area contributed by atoms with Gasteiger partial charge in [-0.2, -0.15) is 5.10 Å². The highest BCUT2D eigenvalue weighted by Gasteiger charge is 2.10. The average Bonchev–Trinajstić information content (AvgIpc) is 2.32. The van der Waals surface area contributed by atoms with Crippen LogP contribution in [0.25, 0.3) is 0 Å². The molecule has 0 aromatic carbocycles. The molecule has 5 nitrogen and oxygen atoms in total. The first-order chi connectivity index (χ1) is 5.89. The van der Waals surface area contributed by atoms with Crippen molar-refractivity contribution in [1.82, 2.24) is 9.78 Å². The molecule has 1 atom stereocenters. The smallest absolute Gasteiger partial charge is 0.178 e. The summed E-state index contributed by atoms with van der Waals surface area (Å²) in [6, 6.07) is 0. The summed E-state index contributed by atoms with van der Waals surface area (Å²) in [5, 5.41) is 12.8. The number of aliphatic hydroxyl groups excluding tert-OH is 1. The molecule has 0 unspecified atom stereocenters. The SMILES string of the molecule is C[C@@H](O)Cn1cc(S(C)(=O)=O)cn1. The monoisotopic (exact) mass is 204 g/mol. The molecule has 0 amide bonds. The second kappa shape index (κ2) is 3.47. The minimum atomic E-state index is -3.18. The summed E-state index contributed by atoms with van der Waals surface area (Å²) in [4.78, 5) is 0.174. The van der Waals surface area contributed by atoms with Crippen LogP contribution >= 0.6 is 0 Å². The Bertz CT molecular complexity index is 380. The van der Waals surface area contributed by atoms with Gasteiger partial charge in [0.25, 0.3) is 0 Å². The number of hydrogen-bond acceptors (Lipinski definition) is 4. The molecule has 6 heteroatoms. The maximum atomic E-state index is 11.0. The van der Waals surface area contributed by atoms with Gasteiger partial charge in [0.05, 0.1) is 18.8 Å². The first-order valence-corrected chi connectivity index (χ1v) is 5.69. The maximum Gasteiger partial charge on any atom is 0.178 e. The van der Waals surface area contributed by atoms with Gasteiger partial charge in [0, 0.05) is 12.5 Å². The first kappa shape index (κ1) is 10.2.